The van der Waals surface area contributed by atoms with Gasteiger partial charge in [0.25, 0.3) is 0 Å². The molecular formula is C19H25N3O. The molecule has 122 valence electrons. The van der Waals surface area contributed by atoms with Crippen LogP contribution in [0.2, 0.25) is 0 Å². The van der Waals surface area contributed by atoms with Crippen LogP contribution in [0.15, 0.2) is 54.6 Å². The maximum atomic E-state index is 12.1. The average molecular weight is 311 g/mol. The van der Waals surface area contributed by atoms with Gasteiger partial charge in [-0.15, -0.1) is 0 Å². The number of rotatable bonds is 6. The maximum Gasteiger partial charge on any atom is 0.317 e. The van der Waals surface area contributed by atoms with Gasteiger partial charge in [-0.1, -0.05) is 54.6 Å². The molecular weight excluding hydrogens is 286 g/mol. The van der Waals surface area contributed by atoms with Crippen molar-refractivity contribution in [3.8, 4) is 0 Å². The van der Waals surface area contributed by atoms with E-state index in [1.165, 1.54) is 5.56 Å². The molecule has 1 N–H and O–H groups in total. The summed E-state index contributed by atoms with van der Waals surface area (Å²) in [7, 11) is 5.91. The Labute approximate surface area is 138 Å². The molecule has 0 fully saturated rings. The lowest BCUT2D eigenvalue weighted by molar-refractivity contribution is 0.206. The Kier molecular flexibility index (Phi) is 6.18. The largest absolute Gasteiger partial charge is 0.334 e. The molecule has 0 aliphatic carbocycles. The molecule has 2 rings (SSSR count). The number of benzene rings is 2. The monoisotopic (exact) mass is 311 g/mol. The molecule has 2 amide bonds. The number of urea groups is 1. The van der Waals surface area contributed by atoms with Gasteiger partial charge in [0.15, 0.2) is 0 Å². The minimum absolute atomic E-state index is 0.0637. The molecule has 0 saturated carbocycles. The van der Waals surface area contributed by atoms with E-state index in [-0.39, 0.29) is 6.03 Å². The molecule has 0 aromatic heterocycles. The smallest absolute Gasteiger partial charge is 0.317 e. The Morgan fingerprint density at radius 3 is 2.00 bits per heavy atom. The second-order valence-electron chi connectivity index (χ2n) is 6.05. The molecule has 4 heteroatoms. The summed E-state index contributed by atoms with van der Waals surface area (Å²) >= 11 is 0. The molecule has 0 radical (unpaired) electrons. The fourth-order valence-corrected chi connectivity index (χ4v) is 2.37. The van der Waals surface area contributed by atoms with Crippen LogP contribution in [0.3, 0.4) is 0 Å². The number of amides is 2. The standard InChI is InChI=1S/C19H25N3O/c1-21(2)14-18-11-9-16(10-12-18)13-20-19(23)22(3)15-17-7-5-4-6-8-17/h4-12H,13-15H2,1-3H3,(H,20,23). The Morgan fingerprint density at radius 1 is 0.826 bits per heavy atom. The summed E-state index contributed by atoms with van der Waals surface area (Å²) in [5.74, 6) is 0. The SMILES string of the molecule is CN(C)Cc1ccc(CNC(=O)N(C)Cc2ccccc2)cc1. The van der Waals surface area contributed by atoms with E-state index >= 15 is 0 Å². The molecule has 2 aromatic rings. The zero-order valence-electron chi connectivity index (χ0n) is 14.1. The first-order valence-corrected chi connectivity index (χ1v) is 7.80. The maximum absolute atomic E-state index is 12.1. The lowest BCUT2D eigenvalue weighted by atomic mass is 10.1. The highest BCUT2D eigenvalue weighted by Crippen LogP contribution is 2.07. The summed E-state index contributed by atoms with van der Waals surface area (Å²) in [5, 5.41) is 2.96. The van der Waals surface area contributed by atoms with Gasteiger partial charge >= 0.3 is 6.03 Å². The van der Waals surface area contributed by atoms with Crippen molar-refractivity contribution >= 4 is 6.03 Å². The van der Waals surface area contributed by atoms with Crippen molar-refractivity contribution in [2.75, 3.05) is 21.1 Å². The molecule has 0 heterocycles. The van der Waals surface area contributed by atoms with Crippen molar-refractivity contribution in [1.29, 1.82) is 0 Å². The number of hydrogen-bond donors (Lipinski definition) is 1. The summed E-state index contributed by atoms with van der Waals surface area (Å²) in [5.41, 5.74) is 3.50. The Morgan fingerprint density at radius 2 is 1.39 bits per heavy atom. The van der Waals surface area contributed by atoms with Crippen LogP contribution in [-0.4, -0.2) is 37.0 Å². The number of carbonyl (C=O) groups is 1. The van der Waals surface area contributed by atoms with Crippen LogP contribution in [0.4, 0.5) is 4.79 Å². The summed E-state index contributed by atoms with van der Waals surface area (Å²) < 4.78 is 0. The minimum Gasteiger partial charge on any atom is -0.334 e. The Bertz CT molecular complexity index is 608. The zero-order valence-corrected chi connectivity index (χ0v) is 14.1. The summed E-state index contributed by atoms with van der Waals surface area (Å²) in [4.78, 5) is 16.0. The molecule has 2 aromatic carbocycles. The topological polar surface area (TPSA) is 35.6 Å². The normalized spacial score (nSPS) is 10.6. The Balaban J connectivity index is 1.81. The van der Waals surface area contributed by atoms with Crippen molar-refractivity contribution in [3.63, 3.8) is 0 Å². The van der Waals surface area contributed by atoms with E-state index in [1.54, 1.807) is 4.90 Å². The predicted molar refractivity (Wildman–Crippen MR) is 94.0 cm³/mol. The van der Waals surface area contributed by atoms with Gasteiger partial charge in [0.2, 0.25) is 0 Å². The third-order valence-electron chi connectivity index (χ3n) is 3.57. The highest BCUT2D eigenvalue weighted by atomic mass is 16.2. The van der Waals surface area contributed by atoms with Crippen molar-refractivity contribution < 1.29 is 4.79 Å². The van der Waals surface area contributed by atoms with Crippen LogP contribution in [0.1, 0.15) is 16.7 Å². The molecule has 0 aliphatic heterocycles. The number of carbonyl (C=O) groups excluding carboxylic acids is 1. The fraction of sp³-hybridized carbons (Fsp3) is 0.316. The highest BCUT2D eigenvalue weighted by Gasteiger charge is 2.08. The second-order valence-corrected chi connectivity index (χ2v) is 6.05. The third-order valence-corrected chi connectivity index (χ3v) is 3.57. The molecule has 0 aliphatic rings. The molecule has 0 spiro atoms. The molecule has 0 saturated heterocycles. The van der Waals surface area contributed by atoms with Crippen LogP contribution in [0.5, 0.6) is 0 Å². The van der Waals surface area contributed by atoms with Crippen LogP contribution < -0.4 is 5.32 Å². The van der Waals surface area contributed by atoms with Crippen molar-refractivity contribution in [2.45, 2.75) is 19.6 Å². The van der Waals surface area contributed by atoms with Crippen LogP contribution in [0, 0.1) is 0 Å². The molecule has 0 atom stereocenters. The minimum atomic E-state index is -0.0637. The zero-order chi connectivity index (χ0) is 16.7. The van der Waals surface area contributed by atoms with E-state index in [4.69, 9.17) is 0 Å². The molecule has 23 heavy (non-hydrogen) atoms. The molecule has 4 nitrogen and oxygen atoms in total. The fourth-order valence-electron chi connectivity index (χ4n) is 2.37. The van der Waals surface area contributed by atoms with E-state index in [9.17, 15) is 4.79 Å². The lowest BCUT2D eigenvalue weighted by Gasteiger charge is -2.18. The first kappa shape index (κ1) is 17.0. The number of nitrogens with one attached hydrogen (secondary N) is 1. The molecule has 0 unspecified atom stereocenters. The quantitative estimate of drug-likeness (QED) is 0.890. The van der Waals surface area contributed by atoms with Gasteiger partial charge in [-0.3, -0.25) is 0 Å². The first-order chi connectivity index (χ1) is 11.0. The third kappa shape index (κ3) is 5.75. The van der Waals surface area contributed by atoms with Gasteiger partial charge in [-0.25, -0.2) is 4.79 Å². The van der Waals surface area contributed by atoms with Crippen molar-refractivity contribution in [2.24, 2.45) is 0 Å². The van der Waals surface area contributed by atoms with Gasteiger partial charge in [0.05, 0.1) is 0 Å². The summed E-state index contributed by atoms with van der Waals surface area (Å²) in [6.07, 6.45) is 0. The van der Waals surface area contributed by atoms with E-state index in [0.717, 1.165) is 17.7 Å². The number of hydrogen-bond acceptors (Lipinski definition) is 2. The Hall–Kier alpha value is -2.33. The van der Waals surface area contributed by atoms with Gasteiger partial charge in [-0.05, 0) is 30.8 Å². The van der Waals surface area contributed by atoms with E-state index in [2.05, 4.69) is 48.6 Å². The molecule has 0 bridgehead atoms. The second kappa shape index (κ2) is 8.34. The van der Waals surface area contributed by atoms with Gasteiger partial charge in [0, 0.05) is 26.7 Å². The predicted octanol–water partition coefficient (Wildman–Crippen LogP) is 3.09. The average Bonchev–Trinajstić information content (AvgIpc) is 2.54. The summed E-state index contributed by atoms with van der Waals surface area (Å²) in [6, 6.07) is 18.3. The van der Waals surface area contributed by atoms with E-state index in [0.29, 0.717) is 13.1 Å². The first-order valence-electron chi connectivity index (χ1n) is 7.80. The van der Waals surface area contributed by atoms with Gasteiger partial charge in [-0.2, -0.15) is 0 Å². The van der Waals surface area contributed by atoms with E-state index < -0.39 is 0 Å². The van der Waals surface area contributed by atoms with Gasteiger partial charge in [0.1, 0.15) is 0 Å². The van der Waals surface area contributed by atoms with Crippen LogP contribution >= 0.6 is 0 Å². The van der Waals surface area contributed by atoms with Gasteiger partial charge < -0.3 is 15.1 Å². The number of nitrogens with zero attached hydrogens (tertiary/aromatic N) is 2. The summed E-state index contributed by atoms with van der Waals surface area (Å²) in [6.45, 7) is 2.07. The van der Waals surface area contributed by atoms with Crippen molar-refractivity contribution in [1.82, 2.24) is 15.1 Å². The lowest BCUT2D eigenvalue weighted by Crippen LogP contribution is -2.36. The van der Waals surface area contributed by atoms with Crippen LogP contribution in [0.25, 0.3) is 0 Å². The van der Waals surface area contributed by atoms with Crippen molar-refractivity contribution in [3.05, 3.63) is 71.3 Å². The van der Waals surface area contributed by atoms with Crippen LogP contribution in [-0.2, 0) is 19.6 Å². The van der Waals surface area contributed by atoms with E-state index in [1.807, 2.05) is 37.4 Å². The highest BCUT2D eigenvalue weighted by molar-refractivity contribution is 5.73.